The van der Waals surface area contributed by atoms with Crippen LogP contribution in [0.15, 0.2) is 28.8 Å². The molecule has 0 unspecified atom stereocenters. The Labute approximate surface area is 143 Å². The van der Waals surface area contributed by atoms with Crippen LogP contribution < -0.4 is 16.4 Å². The third-order valence-corrected chi connectivity index (χ3v) is 3.33. The standard InChI is InChI=1S/C15H19N5O5/c1-8(14(22)23)18-15(24)17-7-12-19-13(20-25-12)11(16)6-9-2-4-10(21)5-3-9/h2-5,8,11,21H,6-7,16H2,1H3,(H,22,23)(H2,17,18,24)/t8-,11-/m0/s1. The van der Waals surface area contributed by atoms with Gasteiger partial charge < -0.3 is 31.1 Å². The van der Waals surface area contributed by atoms with Crippen molar-refractivity contribution < 1.29 is 24.3 Å². The van der Waals surface area contributed by atoms with E-state index in [2.05, 4.69) is 20.8 Å². The van der Waals surface area contributed by atoms with Gasteiger partial charge in [-0.25, -0.2) is 4.79 Å². The molecule has 0 radical (unpaired) electrons. The van der Waals surface area contributed by atoms with E-state index in [1.165, 1.54) is 6.92 Å². The van der Waals surface area contributed by atoms with E-state index in [1.807, 2.05) is 0 Å². The first-order valence-electron chi connectivity index (χ1n) is 7.48. The molecule has 2 aromatic rings. The van der Waals surface area contributed by atoms with Crippen molar-refractivity contribution in [1.82, 2.24) is 20.8 Å². The lowest BCUT2D eigenvalue weighted by molar-refractivity contribution is -0.138. The molecular formula is C15H19N5O5. The first-order valence-corrected chi connectivity index (χ1v) is 7.48. The molecule has 1 aromatic carbocycles. The predicted molar refractivity (Wildman–Crippen MR) is 85.5 cm³/mol. The number of phenols is 1. The summed E-state index contributed by atoms with van der Waals surface area (Å²) in [6.45, 7) is 1.28. The van der Waals surface area contributed by atoms with Crippen molar-refractivity contribution >= 4 is 12.0 Å². The van der Waals surface area contributed by atoms with E-state index in [9.17, 15) is 14.7 Å². The molecule has 0 aliphatic heterocycles. The molecule has 2 rings (SSSR count). The highest BCUT2D eigenvalue weighted by Gasteiger charge is 2.17. The summed E-state index contributed by atoms with van der Waals surface area (Å²) in [6.07, 6.45) is 0.448. The van der Waals surface area contributed by atoms with Gasteiger partial charge in [0, 0.05) is 0 Å². The number of phenolic OH excluding ortho intramolecular Hbond substituents is 1. The zero-order chi connectivity index (χ0) is 18.4. The number of hydrogen-bond acceptors (Lipinski definition) is 7. The van der Waals surface area contributed by atoms with E-state index in [0.717, 1.165) is 5.56 Å². The highest BCUT2D eigenvalue weighted by molar-refractivity contribution is 5.81. The van der Waals surface area contributed by atoms with Crippen LogP contribution in [0.5, 0.6) is 5.75 Å². The first kappa shape index (κ1) is 18.2. The molecule has 1 heterocycles. The van der Waals surface area contributed by atoms with E-state index in [-0.39, 0.29) is 24.0 Å². The van der Waals surface area contributed by atoms with E-state index in [1.54, 1.807) is 24.3 Å². The van der Waals surface area contributed by atoms with E-state index >= 15 is 0 Å². The Hall–Kier alpha value is -3.14. The van der Waals surface area contributed by atoms with Gasteiger partial charge in [-0.05, 0) is 31.0 Å². The lowest BCUT2D eigenvalue weighted by Gasteiger charge is -2.09. The summed E-state index contributed by atoms with van der Waals surface area (Å²) in [4.78, 5) is 26.3. The highest BCUT2D eigenvalue weighted by atomic mass is 16.5. The van der Waals surface area contributed by atoms with E-state index < -0.39 is 24.1 Å². The van der Waals surface area contributed by atoms with Gasteiger partial charge in [-0.3, -0.25) is 4.79 Å². The van der Waals surface area contributed by atoms with Crippen LogP contribution in [0.3, 0.4) is 0 Å². The smallest absolute Gasteiger partial charge is 0.325 e. The predicted octanol–water partition coefficient (Wildman–Crippen LogP) is 0.290. The molecular weight excluding hydrogens is 330 g/mol. The van der Waals surface area contributed by atoms with Crippen LogP contribution in [-0.4, -0.2) is 38.4 Å². The molecule has 10 heteroatoms. The van der Waals surface area contributed by atoms with Gasteiger partial charge in [-0.2, -0.15) is 4.98 Å². The van der Waals surface area contributed by atoms with E-state index in [4.69, 9.17) is 15.4 Å². The van der Waals surface area contributed by atoms with Gasteiger partial charge in [-0.1, -0.05) is 17.3 Å². The zero-order valence-corrected chi connectivity index (χ0v) is 13.5. The van der Waals surface area contributed by atoms with Gasteiger partial charge in [0.25, 0.3) is 0 Å². The average molecular weight is 349 g/mol. The van der Waals surface area contributed by atoms with Crippen molar-refractivity contribution in [2.45, 2.75) is 32.0 Å². The van der Waals surface area contributed by atoms with Crippen molar-refractivity contribution in [3.63, 3.8) is 0 Å². The number of rotatable bonds is 7. The third kappa shape index (κ3) is 5.46. The van der Waals surface area contributed by atoms with Gasteiger partial charge in [0.15, 0.2) is 5.82 Å². The fourth-order valence-electron chi connectivity index (χ4n) is 1.93. The second-order valence-electron chi connectivity index (χ2n) is 5.41. The summed E-state index contributed by atoms with van der Waals surface area (Å²) in [5.74, 6) is -0.547. The molecule has 1 aromatic heterocycles. The van der Waals surface area contributed by atoms with Crippen LogP contribution in [0.25, 0.3) is 0 Å². The number of nitrogens with two attached hydrogens (primary N) is 1. The van der Waals surface area contributed by atoms with Gasteiger partial charge in [0.05, 0.1) is 12.6 Å². The van der Waals surface area contributed by atoms with Crippen LogP contribution in [-0.2, 0) is 17.8 Å². The molecule has 0 aliphatic rings. The Morgan fingerprint density at radius 2 is 2.00 bits per heavy atom. The molecule has 0 fully saturated rings. The number of amides is 2. The minimum Gasteiger partial charge on any atom is -0.508 e. The fourth-order valence-corrected chi connectivity index (χ4v) is 1.93. The fraction of sp³-hybridized carbons (Fsp3) is 0.333. The Bertz CT molecular complexity index is 730. The second-order valence-corrected chi connectivity index (χ2v) is 5.41. The SMILES string of the molecule is C[C@H](NC(=O)NCc1nc([C@@H](N)Cc2ccc(O)cc2)no1)C(=O)O. The molecule has 0 spiro atoms. The minimum atomic E-state index is -1.14. The van der Waals surface area contributed by atoms with Crippen LogP contribution in [0.1, 0.15) is 30.2 Å². The number of benzene rings is 1. The molecule has 2 atom stereocenters. The maximum absolute atomic E-state index is 11.5. The van der Waals surface area contributed by atoms with Crippen LogP contribution >= 0.6 is 0 Å². The maximum atomic E-state index is 11.5. The van der Waals surface area contributed by atoms with Gasteiger partial charge in [0.2, 0.25) is 5.89 Å². The number of aromatic hydroxyl groups is 1. The normalized spacial score (nSPS) is 13.0. The number of carbonyl (C=O) groups is 2. The van der Waals surface area contributed by atoms with Gasteiger partial charge in [0.1, 0.15) is 11.8 Å². The summed E-state index contributed by atoms with van der Waals surface area (Å²) < 4.78 is 5.01. The number of urea groups is 1. The van der Waals surface area contributed by atoms with Gasteiger partial charge in [-0.15, -0.1) is 0 Å². The zero-order valence-electron chi connectivity index (χ0n) is 13.5. The molecule has 10 nitrogen and oxygen atoms in total. The summed E-state index contributed by atoms with van der Waals surface area (Å²) in [5, 5.41) is 26.4. The number of carboxylic acid groups (broad SMARTS) is 1. The lowest BCUT2D eigenvalue weighted by Crippen LogP contribution is -2.44. The lowest BCUT2D eigenvalue weighted by atomic mass is 10.1. The van der Waals surface area contributed by atoms with Crippen LogP contribution in [0.2, 0.25) is 0 Å². The molecule has 134 valence electrons. The largest absolute Gasteiger partial charge is 0.508 e. The second kappa shape index (κ2) is 8.11. The average Bonchev–Trinajstić information content (AvgIpc) is 3.04. The number of carboxylic acids is 1. The number of carbonyl (C=O) groups excluding carboxylic acids is 1. The molecule has 6 N–H and O–H groups in total. The quantitative estimate of drug-likeness (QED) is 0.476. The Balaban J connectivity index is 1.85. The van der Waals surface area contributed by atoms with Crippen LogP contribution in [0.4, 0.5) is 4.79 Å². The highest BCUT2D eigenvalue weighted by Crippen LogP contribution is 2.16. The van der Waals surface area contributed by atoms with Crippen molar-refractivity contribution in [3.05, 3.63) is 41.5 Å². The minimum absolute atomic E-state index is 0.0584. The molecule has 0 bridgehead atoms. The maximum Gasteiger partial charge on any atom is 0.325 e. The summed E-state index contributed by atoms with van der Waals surface area (Å²) in [6, 6.07) is 4.41. The van der Waals surface area contributed by atoms with Crippen molar-refractivity contribution in [1.29, 1.82) is 0 Å². The molecule has 0 aliphatic carbocycles. The summed E-state index contributed by atoms with van der Waals surface area (Å²) in [7, 11) is 0. The molecule has 25 heavy (non-hydrogen) atoms. The number of nitrogens with zero attached hydrogens (tertiary/aromatic N) is 2. The Morgan fingerprint density at radius 3 is 2.64 bits per heavy atom. The summed E-state index contributed by atoms with van der Waals surface area (Å²) in [5.41, 5.74) is 6.92. The van der Waals surface area contributed by atoms with Gasteiger partial charge >= 0.3 is 12.0 Å². The van der Waals surface area contributed by atoms with Crippen molar-refractivity contribution in [3.8, 4) is 5.75 Å². The van der Waals surface area contributed by atoms with Crippen LogP contribution in [0, 0.1) is 0 Å². The monoisotopic (exact) mass is 349 g/mol. The van der Waals surface area contributed by atoms with E-state index in [0.29, 0.717) is 6.42 Å². The molecule has 0 saturated carbocycles. The number of hydrogen-bond donors (Lipinski definition) is 5. The van der Waals surface area contributed by atoms with Crippen molar-refractivity contribution in [2.24, 2.45) is 5.73 Å². The first-order chi connectivity index (χ1) is 11.8. The Kier molecular flexibility index (Phi) is 5.90. The summed E-state index contributed by atoms with van der Waals surface area (Å²) >= 11 is 0. The number of aliphatic carboxylic acids is 1. The molecule has 0 saturated heterocycles. The van der Waals surface area contributed by atoms with Crippen molar-refractivity contribution in [2.75, 3.05) is 0 Å². The topological polar surface area (TPSA) is 164 Å². The number of nitrogens with one attached hydrogen (secondary N) is 2. The third-order valence-electron chi connectivity index (χ3n) is 3.33. The molecule has 2 amide bonds. The number of aromatic nitrogens is 2. The Morgan fingerprint density at radius 1 is 1.32 bits per heavy atom.